The normalized spacial score (nSPS) is 15.9. The van der Waals surface area contributed by atoms with Gasteiger partial charge in [0, 0.05) is 6.04 Å². The molecule has 0 spiro atoms. The number of carbonyl (C=O) groups is 1. The standard InChI is InChI=1S/C22H26N4OS2/c1-16(21(27)23-18-11-6-3-7-12-18)29-22-25-24-20(19-13-8-14-28-19)26(22)15-17-9-4-2-5-10-17/h2,4-5,8-10,13-14,16,18H,3,6-7,11-12,15H2,1H3,(H,23,27). The van der Waals surface area contributed by atoms with Gasteiger partial charge >= 0.3 is 0 Å². The van der Waals surface area contributed by atoms with Crippen molar-refractivity contribution in [3.8, 4) is 10.7 Å². The van der Waals surface area contributed by atoms with Gasteiger partial charge in [-0.05, 0) is 36.8 Å². The Kier molecular flexibility index (Phi) is 6.67. The van der Waals surface area contributed by atoms with Crippen LogP contribution in [-0.4, -0.2) is 32.0 Å². The van der Waals surface area contributed by atoms with Crippen LogP contribution in [0, 0.1) is 0 Å². The third-order valence-electron chi connectivity index (χ3n) is 5.24. The molecule has 0 aliphatic heterocycles. The van der Waals surface area contributed by atoms with Gasteiger partial charge in [-0.15, -0.1) is 21.5 Å². The van der Waals surface area contributed by atoms with Gasteiger partial charge in [-0.25, -0.2) is 0 Å². The van der Waals surface area contributed by atoms with Crippen molar-refractivity contribution in [3.05, 3.63) is 53.4 Å². The zero-order valence-corrected chi connectivity index (χ0v) is 18.2. The highest BCUT2D eigenvalue weighted by Gasteiger charge is 2.24. The molecule has 2 aromatic heterocycles. The minimum absolute atomic E-state index is 0.0915. The summed E-state index contributed by atoms with van der Waals surface area (Å²) in [6, 6.07) is 14.7. The first-order valence-electron chi connectivity index (χ1n) is 10.2. The molecule has 0 saturated heterocycles. The Balaban J connectivity index is 1.52. The number of nitrogens with zero attached hydrogens (tertiary/aromatic N) is 3. The molecule has 152 valence electrons. The van der Waals surface area contributed by atoms with E-state index in [-0.39, 0.29) is 11.2 Å². The van der Waals surface area contributed by atoms with E-state index in [9.17, 15) is 4.79 Å². The molecule has 1 fully saturated rings. The lowest BCUT2D eigenvalue weighted by Gasteiger charge is -2.24. The number of rotatable bonds is 7. The molecular formula is C22H26N4OS2. The molecule has 0 bridgehead atoms. The smallest absolute Gasteiger partial charge is 0.233 e. The molecular weight excluding hydrogens is 400 g/mol. The van der Waals surface area contributed by atoms with E-state index in [0.717, 1.165) is 28.7 Å². The third kappa shape index (κ3) is 5.08. The first-order valence-corrected chi connectivity index (χ1v) is 11.9. The second-order valence-corrected chi connectivity index (χ2v) is 9.71. The molecule has 1 atom stereocenters. The number of hydrogen-bond acceptors (Lipinski definition) is 5. The SMILES string of the molecule is CC(Sc1nnc(-c2cccs2)n1Cc1ccccc1)C(=O)NC1CCCCC1. The van der Waals surface area contributed by atoms with Crippen molar-refractivity contribution < 1.29 is 4.79 Å². The van der Waals surface area contributed by atoms with Crippen molar-refractivity contribution in [2.45, 2.75) is 62.0 Å². The molecule has 1 aliphatic carbocycles. The largest absolute Gasteiger partial charge is 0.352 e. The fraction of sp³-hybridized carbons (Fsp3) is 0.409. The van der Waals surface area contributed by atoms with Crippen LogP contribution in [0.3, 0.4) is 0 Å². The van der Waals surface area contributed by atoms with Gasteiger partial charge in [-0.2, -0.15) is 0 Å². The van der Waals surface area contributed by atoms with Gasteiger partial charge in [0.05, 0.1) is 16.7 Å². The Morgan fingerprint density at radius 2 is 1.97 bits per heavy atom. The van der Waals surface area contributed by atoms with Crippen LogP contribution in [0.2, 0.25) is 0 Å². The molecule has 3 aromatic rings. The van der Waals surface area contributed by atoms with Crippen LogP contribution in [0.4, 0.5) is 0 Å². The van der Waals surface area contributed by atoms with E-state index in [1.807, 2.05) is 36.6 Å². The molecule has 1 saturated carbocycles. The van der Waals surface area contributed by atoms with E-state index in [1.165, 1.54) is 36.6 Å². The van der Waals surface area contributed by atoms with Crippen molar-refractivity contribution in [1.82, 2.24) is 20.1 Å². The van der Waals surface area contributed by atoms with Gasteiger partial charge in [0.25, 0.3) is 0 Å². The fourth-order valence-electron chi connectivity index (χ4n) is 3.65. The summed E-state index contributed by atoms with van der Waals surface area (Å²) in [5.41, 5.74) is 1.19. The fourth-order valence-corrected chi connectivity index (χ4v) is 5.22. The van der Waals surface area contributed by atoms with Crippen LogP contribution in [0.25, 0.3) is 10.7 Å². The summed E-state index contributed by atoms with van der Waals surface area (Å²) in [7, 11) is 0. The van der Waals surface area contributed by atoms with Crippen molar-refractivity contribution >= 4 is 29.0 Å². The predicted octanol–water partition coefficient (Wildman–Crippen LogP) is 4.98. The zero-order valence-electron chi connectivity index (χ0n) is 16.6. The van der Waals surface area contributed by atoms with Crippen LogP contribution in [0.15, 0.2) is 53.0 Å². The van der Waals surface area contributed by atoms with E-state index >= 15 is 0 Å². The number of carbonyl (C=O) groups excluding carboxylic acids is 1. The molecule has 7 heteroatoms. The van der Waals surface area contributed by atoms with Gasteiger partial charge in [0.15, 0.2) is 11.0 Å². The van der Waals surface area contributed by atoms with Gasteiger partial charge in [-0.1, -0.05) is 67.4 Å². The van der Waals surface area contributed by atoms with E-state index in [4.69, 9.17) is 0 Å². The van der Waals surface area contributed by atoms with E-state index in [2.05, 4.69) is 38.3 Å². The molecule has 1 amide bonds. The summed E-state index contributed by atoms with van der Waals surface area (Å²) in [4.78, 5) is 13.8. The molecule has 29 heavy (non-hydrogen) atoms. The molecule has 2 heterocycles. The van der Waals surface area contributed by atoms with Crippen LogP contribution in [0.5, 0.6) is 0 Å². The molecule has 4 rings (SSSR count). The Morgan fingerprint density at radius 3 is 2.69 bits per heavy atom. The van der Waals surface area contributed by atoms with Crippen molar-refractivity contribution in [2.75, 3.05) is 0 Å². The maximum Gasteiger partial charge on any atom is 0.233 e. The lowest BCUT2D eigenvalue weighted by Crippen LogP contribution is -2.40. The number of thioether (sulfide) groups is 1. The Morgan fingerprint density at radius 1 is 1.17 bits per heavy atom. The first-order chi connectivity index (χ1) is 14.2. The van der Waals surface area contributed by atoms with Crippen molar-refractivity contribution in [3.63, 3.8) is 0 Å². The van der Waals surface area contributed by atoms with Gasteiger partial charge < -0.3 is 5.32 Å². The van der Waals surface area contributed by atoms with Crippen molar-refractivity contribution in [1.29, 1.82) is 0 Å². The summed E-state index contributed by atoms with van der Waals surface area (Å²) in [5, 5.41) is 14.7. The van der Waals surface area contributed by atoms with E-state index in [1.54, 1.807) is 11.3 Å². The van der Waals surface area contributed by atoms with Crippen molar-refractivity contribution in [2.24, 2.45) is 0 Å². The highest BCUT2D eigenvalue weighted by Crippen LogP contribution is 2.30. The zero-order chi connectivity index (χ0) is 20.1. The predicted molar refractivity (Wildman–Crippen MR) is 119 cm³/mol. The average molecular weight is 427 g/mol. The van der Waals surface area contributed by atoms with Gasteiger partial charge in [-0.3, -0.25) is 9.36 Å². The summed E-state index contributed by atoms with van der Waals surface area (Å²) >= 11 is 3.14. The number of thiophene rings is 1. The summed E-state index contributed by atoms with van der Waals surface area (Å²) in [6.07, 6.45) is 5.89. The van der Waals surface area contributed by atoms with Crippen LogP contribution < -0.4 is 5.32 Å². The lowest BCUT2D eigenvalue weighted by atomic mass is 9.95. The molecule has 1 aromatic carbocycles. The first kappa shape index (κ1) is 20.2. The maximum atomic E-state index is 12.7. The maximum absolute atomic E-state index is 12.7. The minimum atomic E-state index is -0.216. The second kappa shape index (κ2) is 9.59. The second-order valence-electron chi connectivity index (χ2n) is 7.46. The Bertz CT molecular complexity index is 918. The van der Waals surface area contributed by atoms with Gasteiger partial charge in [0.1, 0.15) is 0 Å². The molecule has 1 unspecified atom stereocenters. The van der Waals surface area contributed by atoms with Crippen LogP contribution in [-0.2, 0) is 11.3 Å². The molecule has 1 N–H and O–H groups in total. The quantitative estimate of drug-likeness (QED) is 0.541. The topological polar surface area (TPSA) is 59.8 Å². The number of benzene rings is 1. The summed E-state index contributed by atoms with van der Waals surface area (Å²) < 4.78 is 2.12. The lowest BCUT2D eigenvalue weighted by molar-refractivity contribution is -0.121. The average Bonchev–Trinajstić information content (AvgIpc) is 3.40. The summed E-state index contributed by atoms with van der Waals surface area (Å²) in [5.74, 6) is 0.945. The molecule has 0 radical (unpaired) electrons. The van der Waals surface area contributed by atoms with E-state index in [0.29, 0.717) is 12.6 Å². The highest BCUT2D eigenvalue weighted by atomic mass is 32.2. The summed E-state index contributed by atoms with van der Waals surface area (Å²) in [6.45, 7) is 2.63. The number of amides is 1. The van der Waals surface area contributed by atoms with E-state index < -0.39 is 0 Å². The Labute approximate surface area is 179 Å². The highest BCUT2D eigenvalue weighted by molar-refractivity contribution is 8.00. The molecule has 5 nitrogen and oxygen atoms in total. The number of hydrogen-bond donors (Lipinski definition) is 1. The molecule has 1 aliphatic rings. The van der Waals surface area contributed by atoms with Crippen LogP contribution >= 0.6 is 23.1 Å². The third-order valence-corrected chi connectivity index (χ3v) is 7.19. The Hall–Kier alpha value is -2.12. The number of nitrogens with one attached hydrogen (secondary N) is 1. The van der Waals surface area contributed by atoms with Crippen LogP contribution in [0.1, 0.15) is 44.6 Å². The number of aromatic nitrogens is 3. The minimum Gasteiger partial charge on any atom is -0.352 e. The monoisotopic (exact) mass is 426 g/mol. The van der Waals surface area contributed by atoms with Gasteiger partial charge in [0.2, 0.25) is 5.91 Å².